The minimum atomic E-state index is -0.972. The molecule has 6 nitrogen and oxygen atoms in total. The molecule has 0 radical (unpaired) electrons. The van der Waals surface area contributed by atoms with Crippen LogP contribution in [0.5, 0.6) is 0 Å². The van der Waals surface area contributed by atoms with Crippen LogP contribution in [0.2, 0.25) is 0 Å². The van der Waals surface area contributed by atoms with Crippen LogP contribution in [0.25, 0.3) is 0 Å². The number of hydrogen-bond acceptors (Lipinski definition) is 6. The van der Waals surface area contributed by atoms with Crippen molar-refractivity contribution in [3.63, 3.8) is 0 Å². The number of fused-ring (bicyclic) bond motifs is 5. The van der Waals surface area contributed by atoms with Crippen LogP contribution in [-0.2, 0) is 9.47 Å². The Morgan fingerprint density at radius 2 is 1.60 bits per heavy atom. The van der Waals surface area contributed by atoms with Gasteiger partial charge in [-0.1, -0.05) is 46.3 Å². The fraction of sp³-hybridized carbons (Fsp3) is 0.931. The summed E-state index contributed by atoms with van der Waals surface area (Å²) in [7, 11) is 0. The van der Waals surface area contributed by atoms with Gasteiger partial charge in [0.1, 0.15) is 0 Å². The van der Waals surface area contributed by atoms with Gasteiger partial charge in [0.25, 0.3) is 0 Å². The topological polar surface area (TPSA) is 99.4 Å². The number of hydrogen-bond donors (Lipinski definition) is 4. The second-order valence-electron chi connectivity index (χ2n) is 14.8. The number of aliphatic hydroxyl groups excluding tert-OH is 3. The maximum atomic E-state index is 11.6. The second-order valence-corrected chi connectivity index (χ2v) is 14.8. The molecule has 0 aromatic rings. The van der Waals surface area contributed by atoms with Gasteiger partial charge in [0.05, 0.1) is 36.1 Å². The summed E-state index contributed by atoms with van der Waals surface area (Å²) in [4.78, 5) is 0. The summed E-state index contributed by atoms with van der Waals surface area (Å²) < 4.78 is 13.5. The average Bonchev–Trinajstić information content (AvgIpc) is 3.32. The summed E-state index contributed by atoms with van der Waals surface area (Å²) in [6.45, 7) is 14.7. The van der Waals surface area contributed by atoms with Gasteiger partial charge < -0.3 is 29.9 Å². The largest absolute Gasteiger partial charge is 0.393 e. The Morgan fingerprint density at radius 1 is 0.914 bits per heavy atom. The Kier molecular flexibility index (Phi) is 4.91. The highest BCUT2D eigenvalue weighted by molar-refractivity contribution is 5.39. The van der Waals surface area contributed by atoms with Crippen molar-refractivity contribution in [3.8, 4) is 0 Å². The number of aliphatic hydroxyl groups is 4. The van der Waals surface area contributed by atoms with Crippen molar-refractivity contribution in [1.82, 2.24) is 0 Å². The summed E-state index contributed by atoms with van der Waals surface area (Å²) >= 11 is 0. The number of allylic oxidation sites excluding steroid dienone is 1. The van der Waals surface area contributed by atoms with E-state index in [-0.39, 0.29) is 51.6 Å². The molecule has 2 heterocycles. The smallest absolute Gasteiger partial charge is 0.175 e. The lowest BCUT2D eigenvalue weighted by atomic mass is 9.40. The second kappa shape index (κ2) is 6.92. The van der Waals surface area contributed by atoms with E-state index in [0.717, 1.165) is 12.8 Å². The molecule has 1 spiro atoms. The molecule has 35 heavy (non-hydrogen) atoms. The summed E-state index contributed by atoms with van der Waals surface area (Å²) in [5.41, 5.74) is -0.810. The van der Waals surface area contributed by atoms with Gasteiger partial charge in [-0.3, -0.25) is 0 Å². The Bertz CT molecular complexity index is 953. The van der Waals surface area contributed by atoms with Crippen LogP contribution in [0, 0.1) is 39.4 Å². The van der Waals surface area contributed by atoms with Crippen molar-refractivity contribution in [1.29, 1.82) is 0 Å². The lowest BCUT2D eigenvalue weighted by Crippen LogP contribution is -2.63. The normalized spacial score (nSPS) is 58.7. The Balaban J connectivity index is 1.47. The van der Waals surface area contributed by atoms with E-state index in [1.165, 1.54) is 5.57 Å². The molecule has 6 rings (SSSR count). The van der Waals surface area contributed by atoms with Crippen LogP contribution < -0.4 is 0 Å². The standard InChI is InChI=1S/C29H46O6/c1-24(2)19(32)8-10-26(5)15-13-21-28(7)23(29(35-21)11-9-20(34-29)25(3,4)33)18(31)14-27(28,6)16(15)12-17(30)22(24)26/h13,16-23,30-33H,8-12,14H2,1-7H3/t16?,17-,18-,19-,20-,21-,22?,23-,26+,27-,28+,29-/m0/s1. The molecule has 2 unspecified atom stereocenters. The van der Waals surface area contributed by atoms with Crippen LogP contribution in [0.15, 0.2) is 11.6 Å². The molecule has 5 fully saturated rings. The fourth-order valence-corrected chi connectivity index (χ4v) is 10.6. The number of ether oxygens (including phenoxy) is 2. The van der Waals surface area contributed by atoms with Crippen molar-refractivity contribution in [2.24, 2.45) is 39.4 Å². The monoisotopic (exact) mass is 490 g/mol. The Morgan fingerprint density at radius 3 is 2.23 bits per heavy atom. The first-order chi connectivity index (χ1) is 16.0. The zero-order chi connectivity index (χ0) is 25.6. The van der Waals surface area contributed by atoms with Crippen LogP contribution in [-0.4, -0.2) is 62.3 Å². The lowest BCUT2D eigenvalue weighted by molar-refractivity contribution is -0.259. The molecule has 0 aromatic carbocycles. The van der Waals surface area contributed by atoms with E-state index in [1.807, 2.05) is 0 Å². The van der Waals surface area contributed by atoms with Gasteiger partial charge in [0.2, 0.25) is 0 Å². The first-order valence-electron chi connectivity index (χ1n) is 13.9. The maximum Gasteiger partial charge on any atom is 0.175 e. The molecule has 4 aliphatic carbocycles. The molecule has 12 atom stereocenters. The van der Waals surface area contributed by atoms with E-state index in [1.54, 1.807) is 13.8 Å². The molecule has 2 saturated heterocycles. The third-order valence-electron chi connectivity index (χ3n) is 12.5. The first kappa shape index (κ1) is 24.8. The van der Waals surface area contributed by atoms with Crippen molar-refractivity contribution in [2.75, 3.05) is 0 Å². The van der Waals surface area contributed by atoms with Crippen molar-refractivity contribution in [2.45, 2.75) is 129 Å². The molecule has 3 saturated carbocycles. The summed E-state index contributed by atoms with van der Waals surface area (Å²) in [5, 5.41) is 44.8. The molecule has 0 aromatic heterocycles. The fourth-order valence-electron chi connectivity index (χ4n) is 10.6. The van der Waals surface area contributed by atoms with Gasteiger partial charge in [0, 0.05) is 23.7 Å². The van der Waals surface area contributed by atoms with E-state index in [0.29, 0.717) is 25.7 Å². The average molecular weight is 491 g/mol. The van der Waals surface area contributed by atoms with Gasteiger partial charge in [0.15, 0.2) is 5.79 Å². The summed E-state index contributed by atoms with van der Waals surface area (Å²) in [6.07, 6.45) is 4.60. The zero-order valence-electron chi connectivity index (χ0n) is 22.5. The quantitative estimate of drug-likeness (QED) is 0.420. The van der Waals surface area contributed by atoms with Gasteiger partial charge in [-0.15, -0.1) is 0 Å². The third-order valence-corrected chi connectivity index (χ3v) is 12.5. The molecule has 198 valence electrons. The molecule has 0 bridgehead atoms. The maximum absolute atomic E-state index is 11.6. The zero-order valence-corrected chi connectivity index (χ0v) is 22.5. The lowest BCUT2D eigenvalue weighted by Gasteiger charge is -2.65. The molecular formula is C29H46O6. The van der Waals surface area contributed by atoms with Gasteiger partial charge in [-0.25, -0.2) is 0 Å². The molecule has 6 heteroatoms. The van der Waals surface area contributed by atoms with Gasteiger partial charge in [-0.2, -0.15) is 0 Å². The van der Waals surface area contributed by atoms with E-state index in [2.05, 4.69) is 40.7 Å². The highest BCUT2D eigenvalue weighted by atomic mass is 16.7. The Hall–Kier alpha value is -0.500. The van der Waals surface area contributed by atoms with E-state index < -0.39 is 29.7 Å². The van der Waals surface area contributed by atoms with Crippen molar-refractivity contribution < 1.29 is 29.9 Å². The van der Waals surface area contributed by atoms with Gasteiger partial charge >= 0.3 is 0 Å². The van der Waals surface area contributed by atoms with Crippen LogP contribution >= 0.6 is 0 Å². The predicted molar refractivity (Wildman–Crippen MR) is 131 cm³/mol. The van der Waals surface area contributed by atoms with Crippen LogP contribution in [0.1, 0.15) is 87.0 Å². The highest BCUT2D eigenvalue weighted by Gasteiger charge is 2.79. The van der Waals surface area contributed by atoms with E-state index in [4.69, 9.17) is 9.47 Å². The van der Waals surface area contributed by atoms with Crippen LogP contribution in [0.4, 0.5) is 0 Å². The summed E-state index contributed by atoms with van der Waals surface area (Å²) in [5.74, 6) is -0.959. The Labute approximate surface area is 210 Å². The van der Waals surface area contributed by atoms with E-state index >= 15 is 0 Å². The molecule has 2 aliphatic heterocycles. The van der Waals surface area contributed by atoms with Crippen molar-refractivity contribution in [3.05, 3.63) is 11.6 Å². The third kappa shape index (κ3) is 2.77. The molecule has 0 amide bonds. The SMILES string of the molecule is CC(C)(O)[C@@H]1CC[C@]2(O1)O[C@H]1C=C3C(C[C@H](O)C4C(C)(C)[C@@H](O)CC[C@]34C)[C@]3(C)C[C@H](O)[C@H]2[C@@]13C. The van der Waals surface area contributed by atoms with E-state index in [9.17, 15) is 20.4 Å². The summed E-state index contributed by atoms with van der Waals surface area (Å²) in [6, 6.07) is 0. The minimum absolute atomic E-state index is 0.0333. The molecular weight excluding hydrogens is 444 g/mol. The first-order valence-corrected chi connectivity index (χ1v) is 13.9. The minimum Gasteiger partial charge on any atom is -0.393 e. The molecule has 6 aliphatic rings. The predicted octanol–water partition coefficient (Wildman–Crippen LogP) is 3.55. The number of rotatable bonds is 1. The van der Waals surface area contributed by atoms with Crippen molar-refractivity contribution >= 4 is 0 Å². The highest BCUT2D eigenvalue weighted by Crippen LogP contribution is 2.77. The van der Waals surface area contributed by atoms with Gasteiger partial charge in [-0.05, 0) is 68.1 Å². The van der Waals surface area contributed by atoms with Crippen LogP contribution in [0.3, 0.4) is 0 Å². The molecule has 4 N–H and O–H groups in total.